The molecule has 32 heteroatoms. The van der Waals surface area contributed by atoms with Crippen molar-refractivity contribution in [2.75, 3.05) is 23.9 Å². The Kier molecular flexibility index (Phi) is 44.1. The molecule has 6 aromatic carbocycles. The van der Waals surface area contributed by atoms with Gasteiger partial charge in [-0.15, -0.1) is 17.0 Å². The number of methoxy groups -OCH3 is 1. The fourth-order valence-electron chi connectivity index (χ4n) is 11.6. The van der Waals surface area contributed by atoms with E-state index in [-0.39, 0.29) is 74.7 Å². The number of pyridine rings is 5. The molecule has 1 saturated heterocycles. The molecule has 0 saturated carbocycles. The van der Waals surface area contributed by atoms with Gasteiger partial charge in [-0.2, -0.15) is 0 Å². The van der Waals surface area contributed by atoms with Gasteiger partial charge in [0, 0.05) is 145 Å². The predicted octanol–water partition coefficient (Wildman–Crippen LogP) is 21.5. The summed E-state index contributed by atoms with van der Waals surface area (Å²) in [7, 11) is 9.40. The molecule has 0 atom stereocenters. The van der Waals surface area contributed by atoms with E-state index in [2.05, 4.69) is 103 Å². The topological polar surface area (TPSA) is 312 Å². The van der Waals surface area contributed by atoms with Crippen LogP contribution >= 0.6 is 99.0 Å². The largest absolute Gasteiger partial charge is 0.507 e. The smallest absolute Gasteiger partial charge is 0.498 e. The number of anilines is 3. The fourth-order valence-corrected chi connectivity index (χ4v) is 13.1. The molecule has 0 radical (unpaired) electrons. The van der Waals surface area contributed by atoms with Gasteiger partial charge in [0.1, 0.15) is 63.2 Å². The SMILES string of the molecule is Br.C=CC(=O)Cl.C=CC(=O)Nc1ccc(Oc2c(C)cccc2C)c(-c2cn(C)c(=O)cc2OC(C)C)c1.CC(C)I.CC(C)Oc1cc(=O)n(C)cc1Br.COc1cc(=O)n(C)cc1Br.Cc1cccc(C)c1Oc1ccc(N)cc1-c1cn(C)c(=O)cc1OC(C)C.Cc1cccc(C)c1Oc1ccc(N)cc1B1OC(C)(C)C(C)(C)O1.Cn1cc(Br)c(O)cc1=O. The van der Waals surface area contributed by atoms with E-state index in [1.807, 2.05) is 196 Å². The normalized spacial score (nSPS) is 11.8. The number of hydrogen-bond acceptors (Lipinski definition) is 19. The van der Waals surface area contributed by atoms with Gasteiger partial charge in [0.05, 0.1) is 50.0 Å². The van der Waals surface area contributed by atoms with Gasteiger partial charge < -0.3 is 87.2 Å². The van der Waals surface area contributed by atoms with E-state index in [4.69, 9.17) is 70.6 Å². The Balaban J connectivity index is 0.000000331. The number of nitrogen functional groups attached to an aromatic ring is 2. The number of para-hydroxylation sites is 3. The molecule has 1 aliphatic rings. The molecule has 129 heavy (non-hydrogen) atoms. The Labute approximate surface area is 810 Å². The molecule has 692 valence electrons. The second-order valence-corrected chi connectivity index (χ2v) is 37.0. The molecule has 6 N–H and O–H groups in total. The van der Waals surface area contributed by atoms with Crippen molar-refractivity contribution in [3.8, 4) is 85.5 Å². The summed E-state index contributed by atoms with van der Waals surface area (Å²) in [5.41, 5.74) is 22.3. The molecule has 1 fully saturated rings. The Morgan fingerprint density at radius 3 is 1.14 bits per heavy atom. The van der Waals surface area contributed by atoms with Crippen LogP contribution in [0.5, 0.6) is 63.2 Å². The zero-order valence-corrected chi connectivity index (χ0v) is 86.7. The summed E-state index contributed by atoms with van der Waals surface area (Å²) in [6.07, 6.45) is 10.5. The highest BCUT2D eigenvalue weighted by Crippen LogP contribution is 2.44. The lowest BCUT2D eigenvalue weighted by Gasteiger charge is -2.32. The third-order valence-electron chi connectivity index (χ3n) is 18.7. The number of halogens is 6. The van der Waals surface area contributed by atoms with Crippen LogP contribution in [-0.4, -0.2) is 86.8 Å². The zero-order chi connectivity index (χ0) is 96.3. The Morgan fingerprint density at radius 2 is 0.775 bits per heavy atom. The van der Waals surface area contributed by atoms with Crippen molar-refractivity contribution in [1.82, 2.24) is 22.8 Å². The standard InChI is InChI=1S/C26H28N2O4.C23H26N2O3.C20H26BNO3.C9H12BrNO2.C7H8BrNO2.C6H6BrNO2.C3H3ClO.C3H7I.BrH/c1-7-24(29)27-19-11-12-22(32-26-17(4)9-8-10-18(26)5)20(13-19)21-15-28(6)25(30)14-23(21)31-16(2)3;1-14(2)27-21-12-22(26)25(5)13-19(21)18-11-17(24)9-10-20(18)28-23-15(3)7-6-8-16(23)4;1-13-8-7-9-14(2)18(13)23-17-11-10-15(22)12-16(17)21-24-19(3,4)20(5,6)25-21;1-6(2)13-8-4-9(12)11(3)5-7(8)10;1-9-4-5(8)6(11-2)3-7(9)10;1-8-3-4(7)5(9)2-6(8)10;1-2-3(4)5;1-3(2)4;/h7-16H,1H2,2-6H3,(H,27,29);6-14H,24H2,1-5H3;7-12H,22H2,1-6H3;4-6H,1-3H3;3-4H,1-2H3;2-3,9H,1H3;2H,1H2;3H,1-2H3;1H. The van der Waals surface area contributed by atoms with E-state index in [1.54, 1.807) is 84.3 Å². The van der Waals surface area contributed by atoms with Gasteiger partial charge in [0.15, 0.2) is 0 Å². The van der Waals surface area contributed by atoms with Crippen LogP contribution in [0.4, 0.5) is 17.1 Å². The Hall–Kier alpha value is -10.4. The molecule has 6 heterocycles. The first-order chi connectivity index (χ1) is 59.8. The number of nitrogens with two attached hydrogens (primary N) is 2. The number of nitrogens with one attached hydrogen (secondary N) is 1. The molecule has 0 spiro atoms. The van der Waals surface area contributed by atoms with Crippen molar-refractivity contribution in [2.24, 2.45) is 35.2 Å². The highest BCUT2D eigenvalue weighted by Gasteiger charge is 2.52. The number of rotatable bonds is 19. The molecular formula is C97H117BBr4ClIN8O17. The van der Waals surface area contributed by atoms with Crippen LogP contribution < -0.4 is 83.2 Å². The molecule has 12 rings (SSSR count). The van der Waals surface area contributed by atoms with Crippen molar-refractivity contribution < 1.29 is 57.2 Å². The van der Waals surface area contributed by atoms with Crippen molar-refractivity contribution in [2.45, 2.75) is 158 Å². The summed E-state index contributed by atoms with van der Waals surface area (Å²) in [6.45, 7) is 42.6. The van der Waals surface area contributed by atoms with Crippen molar-refractivity contribution in [3.05, 3.63) is 294 Å². The number of hydrogen-bond donors (Lipinski definition) is 4. The van der Waals surface area contributed by atoms with Crippen LogP contribution in [0.3, 0.4) is 0 Å². The van der Waals surface area contributed by atoms with Gasteiger partial charge in [0.25, 0.3) is 27.8 Å². The molecule has 1 aliphatic heterocycles. The summed E-state index contributed by atoms with van der Waals surface area (Å²) in [5.74, 6) is 6.11. The lowest BCUT2D eigenvalue weighted by atomic mass is 9.78. The van der Waals surface area contributed by atoms with Gasteiger partial charge in [-0.1, -0.05) is 104 Å². The second-order valence-electron chi connectivity index (χ2n) is 31.6. The number of carbonyl (C=O) groups excluding carboxylic acids is 2. The van der Waals surface area contributed by atoms with E-state index in [1.165, 1.54) is 66.5 Å². The number of ether oxygens (including phenoxy) is 7. The molecule has 25 nitrogen and oxygen atoms in total. The first-order valence-corrected chi connectivity index (χ1v) is 44.5. The molecular weight excluding hydrogens is 2040 g/mol. The van der Waals surface area contributed by atoms with Crippen molar-refractivity contribution in [1.29, 1.82) is 0 Å². The van der Waals surface area contributed by atoms with E-state index in [0.29, 0.717) is 72.9 Å². The van der Waals surface area contributed by atoms with Crippen LogP contribution in [0.15, 0.2) is 233 Å². The minimum absolute atomic E-state index is 0. The lowest BCUT2D eigenvalue weighted by molar-refractivity contribution is -0.112. The van der Waals surface area contributed by atoms with Gasteiger partial charge in [0.2, 0.25) is 11.1 Å². The summed E-state index contributed by atoms with van der Waals surface area (Å²) in [4.78, 5) is 78.8. The molecule has 11 aromatic rings. The number of aryl methyl sites for hydroxylation is 11. The number of nitrogens with zero attached hydrogens (tertiary/aromatic N) is 5. The third-order valence-corrected chi connectivity index (χ3v) is 20.7. The molecule has 0 bridgehead atoms. The summed E-state index contributed by atoms with van der Waals surface area (Å²) >= 11 is 16.7. The summed E-state index contributed by atoms with van der Waals surface area (Å²) < 4.78 is 63.8. The number of alkyl halides is 1. The summed E-state index contributed by atoms with van der Waals surface area (Å²) in [5, 5.41) is 11.2. The van der Waals surface area contributed by atoms with Crippen LogP contribution in [0, 0.1) is 41.5 Å². The summed E-state index contributed by atoms with van der Waals surface area (Å²) in [6, 6.07) is 41.5. The van der Waals surface area contributed by atoms with Crippen molar-refractivity contribution >= 4 is 140 Å². The first-order valence-electron chi connectivity index (χ1n) is 40.5. The zero-order valence-electron chi connectivity index (χ0n) is 77.3. The lowest BCUT2D eigenvalue weighted by Crippen LogP contribution is -2.41. The average molecular weight is 2160 g/mol. The number of benzene rings is 6. The number of aromatic hydroxyl groups is 1. The van der Waals surface area contributed by atoms with E-state index in [9.17, 15) is 33.6 Å². The third kappa shape index (κ3) is 33.8. The van der Waals surface area contributed by atoms with E-state index in [0.717, 1.165) is 92.2 Å². The minimum Gasteiger partial charge on any atom is -0.507 e. The maximum absolute atomic E-state index is 12.3. The minimum atomic E-state index is -0.521. The maximum atomic E-state index is 12.3. The van der Waals surface area contributed by atoms with Gasteiger partial charge in [-0.05, 0) is 270 Å². The molecule has 1 amide bonds. The second kappa shape index (κ2) is 51.3. The number of allylic oxidation sites excluding steroid dienone is 1. The number of aromatic nitrogens is 5. The van der Waals surface area contributed by atoms with E-state index >= 15 is 0 Å². The van der Waals surface area contributed by atoms with E-state index < -0.39 is 23.6 Å². The molecule has 0 aliphatic carbocycles. The Bertz CT molecular complexity index is 5970. The average Bonchev–Trinajstić information content (AvgIpc) is 1.67. The molecule has 5 aromatic heterocycles. The number of amides is 1. The van der Waals surface area contributed by atoms with Gasteiger partial charge >= 0.3 is 7.12 Å². The highest BCUT2D eigenvalue weighted by molar-refractivity contribution is 14.1. The van der Waals surface area contributed by atoms with Crippen LogP contribution in [0.25, 0.3) is 22.3 Å². The monoisotopic (exact) mass is 2150 g/mol. The predicted molar refractivity (Wildman–Crippen MR) is 546 cm³/mol. The van der Waals surface area contributed by atoms with Gasteiger partial charge in [-0.3, -0.25) is 33.6 Å². The highest BCUT2D eigenvalue weighted by atomic mass is 127. The Morgan fingerprint density at radius 1 is 0.465 bits per heavy atom. The van der Waals surface area contributed by atoms with Gasteiger partial charge in [-0.25, -0.2) is 0 Å². The number of carbonyl (C=O) groups is 2. The maximum Gasteiger partial charge on any atom is 0.498 e. The molecule has 0 unspecified atom stereocenters. The quantitative estimate of drug-likeness (QED) is 0.0146. The van der Waals surface area contributed by atoms with Crippen LogP contribution in [-0.2, 0) is 54.1 Å². The van der Waals surface area contributed by atoms with Crippen LogP contribution in [0.2, 0.25) is 0 Å². The van der Waals surface area contributed by atoms with Crippen molar-refractivity contribution in [3.63, 3.8) is 0 Å². The fraction of sp³-hybridized carbons (Fsp3) is 0.309. The van der Waals surface area contributed by atoms with Crippen LogP contribution in [0.1, 0.15) is 116 Å². The first kappa shape index (κ1) is 111.